The largest absolute Gasteiger partial charge is 0.467 e. The van der Waals surface area contributed by atoms with Gasteiger partial charge < -0.3 is 15.8 Å². The molecule has 0 aliphatic heterocycles. The lowest BCUT2D eigenvalue weighted by Gasteiger charge is -2.19. The summed E-state index contributed by atoms with van der Waals surface area (Å²) in [6, 6.07) is 0.204. The van der Waals surface area contributed by atoms with Crippen molar-refractivity contribution in [3.05, 3.63) is 11.2 Å². The zero-order valence-electron chi connectivity index (χ0n) is 10.0. The van der Waals surface area contributed by atoms with Crippen LogP contribution in [-0.2, 0) is 4.79 Å². The second-order valence-corrected chi connectivity index (χ2v) is 4.65. The first kappa shape index (κ1) is 12.9. The van der Waals surface area contributed by atoms with Gasteiger partial charge in [0.15, 0.2) is 5.82 Å². The Bertz CT molecular complexity index is 455. The predicted molar refractivity (Wildman–Crippen MR) is 67.5 cm³/mol. The van der Waals surface area contributed by atoms with E-state index in [0.29, 0.717) is 10.8 Å². The van der Waals surface area contributed by atoms with Gasteiger partial charge in [-0.25, -0.2) is 4.98 Å². The Balaban J connectivity index is 2.15. The summed E-state index contributed by atoms with van der Waals surface area (Å²) in [5.41, 5.74) is 5.37. The molecule has 0 bridgehead atoms. The number of nitrogens with zero attached hydrogens (tertiary/aromatic N) is 2. The fourth-order valence-corrected chi connectivity index (χ4v) is 2.35. The molecule has 2 rings (SSSR count). The molecule has 0 radical (unpaired) electrons. The topological polar surface area (TPSA) is 90.1 Å². The van der Waals surface area contributed by atoms with Crippen molar-refractivity contribution in [1.82, 2.24) is 9.97 Å². The molecule has 1 amide bonds. The molecule has 0 spiro atoms. The molecule has 1 heterocycles. The maximum atomic E-state index is 11.3. The van der Waals surface area contributed by atoms with Crippen molar-refractivity contribution in [3.8, 4) is 6.01 Å². The van der Waals surface area contributed by atoms with Crippen molar-refractivity contribution >= 4 is 23.3 Å². The van der Waals surface area contributed by atoms with Gasteiger partial charge in [0.05, 0.1) is 19.2 Å². The summed E-state index contributed by atoms with van der Waals surface area (Å²) < 4.78 is 4.94. The number of halogens is 1. The highest BCUT2D eigenvalue weighted by Crippen LogP contribution is 2.30. The molecule has 3 N–H and O–H groups in total. The number of hydrogen-bond donors (Lipinski definition) is 2. The number of hydrogen-bond acceptors (Lipinski definition) is 5. The summed E-state index contributed by atoms with van der Waals surface area (Å²) in [6.07, 6.45) is 4.10. The Hall–Kier alpha value is -1.56. The Labute approximate surface area is 110 Å². The van der Waals surface area contributed by atoms with E-state index < -0.39 is 0 Å². The summed E-state index contributed by atoms with van der Waals surface area (Å²) in [4.78, 5) is 19.3. The van der Waals surface area contributed by atoms with Crippen LogP contribution in [-0.4, -0.2) is 29.0 Å². The average Bonchev–Trinajstić information content (AvgIpc) is 2.80. The quantitative estimate of drug-likeness (QED) is 0.858. The lowest BCUT2D eigenvalue weighted by Crippen LogP contribution is -2.34. The molecule has 1 aromatic heterocycles. The van der Waals surface area contributed by atoms with E-state index in [1.54, 1.807) is 0 Å². The highest BCUT2D eigenvalue weighted by Gasteiger charge is 2.32. The molecule has 1 aliphatic carbocycles. The third-order valence-corrected chi connectivity index (χ3v) is 3.38. The van der Waals surface area contributed by atoms with Gasteiger partial charge in [-0.3, -0.25) is 4.79 Å². The van der Waals surface area contributed by atoms with Crippen LogP contribution in [0.4, 0.5) is 5.82 Å². The Morgan fingerprint density at radius 2 is 2.39 bits per heavy atom. The van der Waals surface area contributed by atoms with Crippen LogP contribution in [0.25, 0.3) is 0 Å². The molecule has 98 valence electrons. The van der Waals surface area contributed by atoms with Crippen molar-refractivity contribution in [3.63, 3.8) is 0 Å². The minimum Gasteiger partial charge on any atom is -0.467 e. The summed E-state index contributed by atoms with van der Waals surface area (Å²) in [6.45, 7) is 0. The normalized spacial score (nSPS) is 22.8. The first-order valence-electron chi connectivity index (χ1n) is 5.74. The number of carbonyl (C=O) groups excluding carboxylic acids is 1. The third-order valence-electron chi connectivity index (χ3n) is 3.11. The molecule has 0 aromatic carbocycles. The second kappa shape index (κ2) is 5.39. The van der Waals surface area contributed by atoms with Crippen LogP contribution in [0, 0.1) is 5.92 Å². The maximum Gasteiger partial charge on any atom is 0.318 e. The number of aromatic nitrogens is 2. The smallest absolute Gasteiger partial charge is 0.318 e. The molecule has 0 saturated heterocycles. The van der Waals surface area contributed by atoms with Crippen molar-refractivity contribution in [2.75, 3.05) is 12.4 Å². The van der Waals surface area contributed by atoms with Crippen LogP contribution in [0.5, 0.6) is 6.01 Å². The van der Waals surface area contributed by atoms with Crippen LogP contribution in [0.2, 0.25) is 5.02 Å². The monoisotopic (exact) mass is 270 g/mol. The molecule has 6 nitrogen and oxygen atoms in total. The SMILES string of the molecule is COc1ncc(Cl)c(N[C@@H]2CCC[C@@H]2C(N)=O)n1. The van der Waals surface area contributed by atoms with Gasteiger partial charge in [0.2, 0.25) is 5.91 Å². The summed E-state index contributed by atoms with van der Waals surface area (Å²) in [5, 5.41) is 3.55. The van der Waals surface area contributed by atoms with Crippen LogP contribution in [0.15, 0.2) is 6.20 Å². The number of primary amides is 1. The highest BCUT2D eigenvalue weighted by molar-refractivity contribution is 6.32. The molecule has 1 saturated carbocycles. The molecule has 1 aromatic rings. The first-order valence-corrected chi connectivity index (χ1v) is 6.12. The van der Waals surface area contributed by atoms with Gasteiger partial charge in [0.1, 0.15) is 5.02 Å². The van der Waals surface area contributed by atoms with Gasteiger partial charge in [-0.05, 0) is 12.8 Å². The molecule has 18 heavy (non-hydrogen) atoms. The van der Waals surface area contributed by atoms with E-state index in [4.69, 9.17) is 22.1 Å². The molecule has 1 aliphatic rings. The van der Waals surface area contributed by atoms with E-state index >= 15 is 0 Å². The minimum absolute atomic E-state index is 0.0281. The van der Waals surface area contributed by atoms with Gasteiger partial charge in [-0.1, -0.05) is 18.0 Å². The van der Waals surface area contributed by atoms with E-state index in [1.807, 2.05) is 0 Å². The molecule has 1 fully saturated rings. The fourth-order valence-electron chi connectivity index (χ4n) is 2.20. The molecule has 0 unspecified atom stereocenters. The predicted octanol–water partition coefficient (Wildman–Crippen LogP) is 1.20. The van der Waals surface area contributed by atoms with Crippen molar-refractivity contribution in [1.29, 1.82) is 0 Å². The fraction of sp³-hybridized carbons (Fsp3) is 0.545. The summed E-state index contributed by atoms with van der Waals surface area (Å²) in [7, 11) is 1.48. The lowest BCUT2D eigenvalue weighted by molar-refractivity contribution is -0.121. The number of carbonyl (C=O) groups is 1. The standard InChI is InChI=1S/C11H15ClN4O2/c1-18-11-14-5-7(12)10(16-11)15-8-4-2-3-6(8)9(13)17/h5-6,8H,2-4H2,1H3,(H2,13,17)(H,14,15,16)/t6-,8+/m0/s1. The lowest BCUT2D eigenvalue weighted by atomic mass is 10.0. The Morgan fingerprint density at radius 1 is 1.61 bits per heavy atom. The summed E-state index contributed by atoms with van der Waals surface area (Å²) in [5.74, 6) is 0.00540. The van der Waals surface area contributed by atoms with Crippen LogP contribution in [0.3, 0.4) is 0 Å². The van der Waals surface area contributed by atoms with Crippen LogP contribution >= 0.6 is 11.6 Å². The molecule has 2 atom stereocenters. The third kappa shape index (κ3) is 2.64. The van der Waals surface area contributed by atoms with E-state index in [-0.39, 0.29) is 23.9 Å². The zero-order chi connectivity index (χ0) is 13.1. The van der Waals surface area contributed by atoms with Crippen LogP contribution < -0.4 is 15.8 Å². The van der Waals surface area contributed by atoms with Gasteiger partial charge in [0.25, 0.3) is 0 Å². The molecule has 7 heteroatoms. The number of ether oxygens (including phenoxy) is 1. The molecular formula is C11H15ClN4O2. The maximum absolute atomic E-state index is 11.3. The van der Waals surface area contributed by atoms with Crippen molar-refractivity contribution < 1.29 is 9.53 Å². The number of anilines is 1. The van der Waals surface area contributed by atoms with Gasteiger partial charge in [-0.15, -0.1) is 0 Å². The van der Waals surface area contributed by atoms with Gasteiger partial charge in [0, 0.05) is 6.04 Å². The van der Waals surface area contributed by atoms with Crippen LogP contribution in [0.1, 0.15) is 19.3 Å². The number of methoxy groups -OCH3 is 1. The number of amides is 1. The Morgan fingerprint density at radius 3 is 3.06 bits per heavy atom. The van der Waals surface area contributed by atoms with E-state index in [2.05, 4.69) is 15.3 Å². The summed E-state index contributed by atoms with van der Waals surface area (Å²) >= 11 is 6.00. The number of rotatable bonds is 4. The second-order valence-electron chi connectivity index (χ2n) is 4.24. The van der Waals surface area contributed by atoms with Crippen molar-refractivity contribution in [2.45, 2.75) is 25.3 Å². The zero-order valence-corrected chi connectivity index (χ0v) is 10.8. The Kier molecular flexibility index (Phi) is 3.86. The van der Waals surface area contributed by atoms with Gasteiger partial charge >= 0.3 is 6.01 Å². The number of nitrogens with two attached hydrogens (primary N) is 1. The number of nitrogens with one attached hydrogen (secondary N) is 1. The average molecular weight is 271 g/mol. The van der Waals surface area contributed by atoms with E-state index in [0.717, 1.165) is 19.3 Å². The van der Waals surface area contributed by atoms with E-state index in [1.165, 1.54) is 13.3 Å². The van der Waals surface area contributed by atoms with Gasteiger partial charge in [-0.2, -0.15) is 4.98 Å². The van der Waals surface area contributed by atoms with Crippen molar-refractivity contribution in [2.24, 2.45) is 11.7 Å². The first-order chi connectivity index (χ1) is 8.61. The highest BCUT2D eigenvalue weighted by atomic mass is 35.5. The van der Waals surface area contributed by atoms with E-state index in [9.17, 15) is 4.79 Å². The minimum atomic E-state index is -0.290. The molecular weight excluding hydrogens is 256 g/mol.